The molecule has 0 saturated carbocycles. The van der Waals surface area contributed by atoms with Gasteiger partial charge in [-0.25, -0.2) is 22.8 Å². The van der Waals surface area contributed by atoms with E-state index >= 15 is 18.4 Å². The molecule has 3 fully saturated rings. The Hall–Kier alpha value is -7.73. The molecule has 5 heterocycles. The standard InChI is InChI=1S/C72H93F3N8O12/c1-44-37-80(53(39-79-28-31-93-42-45(79)2)40-81(44)69(91)95-71(7,8)9)41-62(86)83-43-72(10,57-24-20-48(35-60(57)83)32-47-18-22-52(73)23-19-47)67(89)76-27-13-14-54(84)33-49-17-21-51-38-82(64(55(51)34-49)65(87)77-63-58(74)15-12-16-59(63)75)66(88)56(50-25-29-92-30-26-50)36-61(85)46(3)78(11)68(90)94-70(4,5)6/h12,15-24,34-35,44-46,50,53,56,64H,13-14,25-33,36-43H2,1-11H3,(H,76,89)(H,77,87)/t44-,45-,46+,53+,56+,64+,72-/m1/s1. The fraction of sp³-hybridized carbons (Fsp3) is 0.556. The number of likely N-dealkylation sites (N-methyl/N-ethyl adjacent to an activating group) is 1. The molecule has 0 bridgehead atoms. The minimum absolute atomic E-state index is 0.00382. The van der Waals surface area contributed by atoms with E-state index in [9.17, 15) is 33.2 Å². The summed E-state index contributed by atoms with van der Waals surface area (Å²) < 4.78 is 67.2. The molecule has 6 amide bonds. The number of hydrogen-bond acceptors (Lipinski definition) is 14. The number of carbonyl (C=O) groups is 8. The molecule has 20 nitrogen and oxygen atoms in total. The molecule has 0 unspecified atom stereocenters. The Labute approximate surface area is 555 Å². The average Bonchev–Trinajstić information content (AvgIpc) is 1.55. The summed E-state index contributed by atoms with van der Waals surface area (Å²) in [4.78, 5) is 125. The molecule has 5 aliphatic rings. The maximum Gasteiger partial charge on any atom is 0.410 e. The Morgan fingerprint density at radius 2 is 1.45 bits per heavy atom. The first-order valence-corrected chi connectivity index (χ1v) is 33.1. The molecule has 7 atom stereocenters. The van der Waals surface area contributed by atoms with Gasteiger partial charge >= 0.3 is 12.2 Å². The van der Waals surface area contributed by atoms with E-state index in [0.29, 0.717) is 99.8 Å². The molecule has 23 heteroatoms. The van der Waals surface area contributed by atoms with Crippen LogP contribution in [0.15, 0.2) is 78.9 Å². The number of ether oxygens (including phenoxy) is 4. The molecule has 4 aromatic carbocycles. The second kappa shape index (κ2) is 30.1. The maximum absolute atomic E-state index is 15.2. The van der Waals surface area contributed by atoms with Crippen molar-refractivity contribution in [3.8, 4) is 0 Å². The first kappa shape index (κ1) is 71.6. The fourth-order valence-corrected chi connectivity index (χ4v) is 13.5. The molecule has 9 rings (SSSR count). The van der Waals surface area contributed by atoms with Crippen LogP contribution in [0.5, 0.6) is 0 Å². The highest BCUT2D eigenvalue weighted by molar-refractivity contribution is 6.03. The van der Waals surface area contributed by atoms with Crippen LogP contribution in [0, 0.1) is 29.3 Å². The van der Waals surface area contributed by atoms with E-state index in [4.69, 9.17) is 18.9 Å². The van der Waals surface area contributed by atoms with Crippen molar-refractivity contribution in [3.63, 3.8) is 0 Å². The lowest BCUT2D eigenvalue weighted by atomic mass is 9.80. The second-order valence-corrected chi connectivity index (χ2v) is 28.5. The van der Waals surface area contributed by atoms with Crippen LogP contribution in [-0.2, 0) is 72.5 Å². The van der Waals surface area contributed by atoms with Crippen molar-refractivity contribution >= 4 is 58.8 Å². The van der Waals surface area contributed by atoms with Gasteiger partial charge in [0.2, 0.25) is 17.7 Å². The highest BCUT2D eigenvalue weighted by Crippen LogP contribution is 2.44. The molecule has 0 aliphatic carbocycles. The topological polar surface area (TPSA) is 217 Å². The number of rotatable bonds is 21. The predicted octanol–water partition coefficient (Wildman–Crippen LogP) is 9.32. The number of carbonyl (C=O) groups excluding carboxylic acids is 8. The third-order valence-electron chi connectivity index (χ3n) is 18.9. The predicted molar refractivity (Wildman–Crippen MR) is 351 cm³/mol. The third-order valence-corrected chi connectivity index (χ3v) is 18.9. The number of ketones is 2. The van der Waals surface area contributed by atoms with Crippen molar-refractivity contribution < 1.29 is 70.5 Å². The van der Waals surface area contributed by atoms with Gasteiger partial charge in [-0.2, -0.15) is 0 Å². The summed E-state index contributed by atoms with van der Waals surface area (Å²) in [7, 11) is 1.44. The summed E-state index contributed by atoms with van der Waals surface area (Å²) in [5.41, 5.74) is 0.802. The Bertz CT molecular complexity index is 3480. The summed E-state index contributed by atoms with van der Waals surface area (Å²) in [6.07, 6.45) is 0.0435. The molecule has 2 N–H and O–H groups in total. The van der Waals surface area contributed by atoms with E-state index in [1.54, 1.807) is 74.8 Å². The van der Waals surface area contributed by atoms with Crippen molar-refractivity contribution in [2.45, 2.75) is 168 Å². The van der Waals surface area contributed by atoms with Gasteiger partial charge in [-0.05, 0) is 165 Å². The largest absolute Gasteiger partial charge is 0.444 e. The minimum Gasteiger partial charge on any atom is -0.444 e. The van der Waals surface area contributed by atoms with Crippen molar-refractivity contribution in [2.24, 2.45) is 11.8 Å². The average molecular weight is 1320 g/mol. The number of anilines is 2. The molecule has 3 saturated heterocycles. The molecule has 0 radical (unpaired) electrons. The van der Waals surface area contributed by atoms with Gasteiger partial charge in [0.15, 0.2) is 5.78 Å². The highest BCUT2D eigenvalue weighted by Gasteiger charge is 2.49. The van der Waals surface area contributed by atoms with Crippen molar-refractivity contribution in [1.82, 2.24) is 29.8 Å². The lowest BCUT2D eigenvalue weighted by Crippen LogP contribution is -2.64. The molecule has 0 spiro atoms. The SMILES string of the molecule is C[C@@H]1COCCN1C[C@H]1CN(C(=O)OC(C)(C)C)[C@H](C)CN1CC(=O)N1C[C@@](C)(C(=O)NCCCC(=O)Cc2ccc3c(c2)[C@@H](C(=O)Nc2c(F)cccc2F)N(C(=O)[C@@H](CC(=O)[C@H](C)N(C)C(=O)OC(C)(C)C)C2CCOCC2)C3)c2ccc(Cc3ccc(F)cc3)cc21. The van der Waals surface area contributed by atoms with Crippen LogP contribution in [0.1, 0.15) is 141 Å². The van der Waals surface area contributed by atoms with Crippen molar-refractivity contribution in [1.29, 1.82) is 0 Å². The number of para-hydroxylation sites is 1. The van der Waals surface area contributed by atoms with Crippen molar-refractivity contribution in [2.75, 3.05) is 89.5 Å². The number of morpholine rings is 1. The Kier molecular flexibility index (Phi) is 22.7. The molecule has 514 valence electrons. The number of benzene rings is 4. The van der Waals surface area contributed by atoms with E-state index in [0.717, 1.165) is 29.3 Å². The monoisotopic (exact) mass is 1320 g/mol. The Morgan fingerprint density at radius 1 is 0.779 bits per heavy atom. The Balaban J connectivity index is 0.897. The molecule has 95 heavy (non-hydrogen) atoms. The highest BCUT2D eigenvalue weighted by atomic mass is 19.1. The molecule has 0 aromatic heterocycles. The third kappa shape index (κ3) is 17.5. The molecular weight excluding hydrogens is 1230 g/mol. The summed E-state index contributed by atoms with van der Waals surface area (Å²) in [6, 6.07) is 17.3. The number of amides is 6. The fourth-order valence-electron chi connectivity index (χ4n) is 13.5. The zero-order valence-electron chi connectivity index (χ0n) is 56.7. The van der Waals surface area contributed by atoms with Crippen LogP contribution in [0.3, 0.4) is 0 Å². The Morgan fingerprint density at radius 3 is 2.13 bits per heavy atom. The lowest BCUT2D eigenvalue weighted by Gasteiger charge is -2.47. The summed E-state index contributed by atoms with van der Waals surface area (Å²) in [5.74, 6) is -6.44. The van der Waals surface area contributed by atoms with E-state index < -0.39 is 81.7 Å². The molecule has 5 aliphatic heterocycles. The van der Waals surface area contributed by atoms with Gasteiger partial charge in [-0.1, -0.05) is 48.5 Å². The van der Waals surface area contributed by atoms with Gasteiger partial charge in [0, 0.05) is 115 Å². The summed E-state index contributed by atoms with van der Waals surface area (Å²) >= 11 is 0. The molecular formula is C72H93F3N8O12. The summed E-state index contributed by atoms with van der Waals surface area (Å²) in [6.45, 7) is 21.8. The minimum atomic E-state index is -1.44. The van der Waals surface area contributed by atoms with Crippen LogP contribution in [-0.4, -0.2) is 187 Å². The zero-order valence-corrected chi connectivity index (χ0v) is 56.7. The van der Waals surface area contributed by atoms with Crippen LogP contribution in [0.25, 0.3) is 0 Å². The molecule has 4 aromatic rings. The quantitative estimate of drug-likeness (QED) is 0.0744. The van der Waals surface area contributed by atoms with Crippen LogP contribution >= 0.6 is 0 Å². The second-order valence-electron chi connectivity index (χ2n) is 28.5. The number of Topliss-reactive ketones (excluding diaryl/α,β-unsaturated/α-hetero) is 2. The van der Waals surface area contributed by atoms with Gasteiger partial charge in [0.1, 0.15) is 46.2 Å². The number of halogens is 3. The first-order valence-electron chi connectivity index (χ1n) is 33.1. The number of fused-ring (bicyclic) bond motifs is 2. The smallest absolute Gasteiger partial charge is 0.410 e. The van der Waals surface area contributed by atoms with Gasteiger partial charge in [0.25, 0.3) is 5.91 Å². The summed E-state index contributed by atoms with van der Waals surface area (Å²) in [5, 5.41) is 5.44. The number of piperazine rings is 1. The first-order chi connectivity index (χ1) is 44.9. The van der Waals surface area contributed by atoms with Crippen LogP contribution < -0.4 is 15.5 Å². The van der Waals surface area contributed by atoms with Gasteiger partial charge in [-0.3, -0.25) is 38.6 Å². The van der Waals surface area contributed by atoms with Gasteiger partial charge in [-0.15, -0.1) is 0 Å². The van der Waals surface area contributed by atoms with E-state index in [1.807, 2.05) is 45.9 Å². The normalized spacial score (nSPS) is 21.7. The van der Waals surface area contributed by atoms with Gasteiger partial charge < -0.3 is 49.2 Å². The van der Waals surface area contributed by atoms with E-state index in [-0.39, 0.29) is 99.3 Å². The van der Waals surface area contributed by atoms with Crippen LogP contribution in [0.4, 0.5) is 34.1 Å². The van der Waals surface area contributed by atoms with E-state index in [1.165, 1.54) is 29.0 Å². The number of nitrogens with one attached hydrogen (secondary N) is 2. The van der Waals surface area contributed by atoms with Crippen molar-refractivity contribution in [3.05, 3.63) is 130 Å². The van der Waals surface area contributed by atoms with Crippen LogP contribution in [0.2, 0.25) is 0 Å². The van der Waals surface area contributed by atoms with Gasteiger partial charge in [0.05, 0.1) is 31.2 Å². The number of hydrogen-bond donors (Lipinski definition) is 2. The zero-order chi connectivity index (χ0) is 68.8. The number of nitrogens with zero attached hydrogens (tertiary/aromatic N) is 6. The van der Waals surface area contributed by atoms with E-state index in [2.05, 4.69) is 27.4 Å². The lowest BCUT2D eigenvalue weighted by molar-refractivity contribution is -0.147. The maximum atomic E-state index is 15.2.